The highest BCUT2D eigenvalue weighted by atomic mass is 32.2. The third-order valence-corrected chi connectivity index (χ3v) is 6.05. The summed E-state index contributed by atoms with van der Waals surface area (Å²) >= 11 is 0.790. The molecule has 1 aliphatic rings. The van der Waals surface area contributed by atoms with E-state index in [0.29, 0.717) is 29.2 Å². The molecule has 0 aliphatic carbocycles. The summed E-state index contributed by atoms with van der Waals surface area (Å²) in [5.74, 6) is -0.173. The van der Waals surface area contributed by atoms with E-state index in [1.807, 2.05) is 6.92 Å². The normalized spacial score (nSPS) is 14.5. The number of carbonyl (C=O) groups excluding carboxylic acids is 3. The number of amides is 2. The van der Waals surface area contributed by atoms with Crippen molar-refractivity contribution in [2.24, 2.45) is 0 Å². The van der Waals surface area contributed by atoms with Gasteiger partial charge in [0.05, 0.1) is 18.1 Å². The van der Waals surface area contributed by atoms with Gasteiger partial charge < -0.3 is 9.47 Å². The number of rotatable bonds is 9. The second kappa shape index (κ2) is 11.0. The number of halogens is 1. The molecule has 0 spiro atoms. The Morgan fingerprint density at radius 3 is 2.43 bits per heavy atom. The third kappa shape index (κ3) is 5.96. The van der Waals surface area contributed by atoms with Crippen molar-refractivity contribution in [2.75, 3.05) is 13.2 Å². The lowest BCUT2D eigenvalue weighted by molar-refractivity contribution is -0.122. The van der Waals surface area contributed by atoms with Gasteiger partial charge in [-0.25, -0.2) is 4.39 Å². The molecule has 178 valence electrons. The highest BCUT2D eigenvalue weighted by Crippen LogP contribution is 2.35. The number of ether oxygens (including phenoxy) is 2. The van der Waals surface area contributed by atoms with Gasteiger partial charge in [-0.2, -0.15) is 0 Å². The predicted octanol–water partition coefficient (Wildman–Crippen LogP) is 5.72. The smallest absolute Gasteiger partial charge is 0.293 e. The highest BCUT2D eigenvalue weighted by Gasteiger charge is 2.36. The largest absolute Gasteiger partial charge is 0.490 e. The van der Waals surface area contributed by atoms with E-state index in [1.54, 1.807) is 66.7 Å². The number of hydrogen-bond donors (Lipinski definition) is 0. The number of thioether (sulfide) groups is 1. The van der Waals surface area contributed by atoms with Gasteiger partial charge in [-0.1, -0.05) is 48.5 Å². The Balaban J connectivity index is 1.48. The molecule has 0 bridgehead atoms. The van der Waals surface area contributed by atoms with Crippen LogP contribution >= 0.6 is 11.8 Å². The monoisotopic (exact) mass is 491 g/mol. The molecule has 8 heteroatoms. The van der Waals surface area contributed by atoms with Crippen LogP contribution in [-0.4, -0.2) is 35.0 Å². The maximum atomic E-state index is 13.1. The average Bonchev–Trinajstić information content (AvgIpc) is 3.12. The minimum Gasteiger partial charge on any atom is -0.490 e. The lowest BCUT2D eigenvalue weighted by atomic mass is 10.1. The van der Waals surface area contributed by atoms with E-state index in [-0.39, 0.29) is 29.7 Å². The van der Waals surface area contributed by atoms with E-state index in [2.05, 4.69) is 0 Å². The van der Waals surface area contributed by atoms with Crippen LogP contribution in [0.15, 0.2) is 77.7 Å². The van der Waals surface area contributed by atoms with Crippen LogP contribution in [0.3, 0.4) is 0 Å². The molecule has 2 amide bonds. The molecule has 0 unspecified atom stereocenters. The molecule has 0 atom stereocenters. The molecule has 0 aromatic heterocycles. The summed E-state index contributed by atoms with van der Waals surface area (Å²) in [6, 6.07) is 19.7. The van der Waals surface area contributed by atoms with E-state index in [4.69, 9.17) is 9.47 Å². The van der Waals surface area contributed by atoms with Crippen LogP contribution in [-0.2, 0) is 11.4 Å². The van der Waals surface area contributed by atoms with Gasteiger partial charge >= 0.3 is 0 Å². The van der Waals surface area contributed by atoms with Crippen LogP contribution in [0.2, 0.25) is 0 Å². The molecule has 0 saturated carbocycles. The molecular weight excluding hydrogens is 469 g/mol. The van der Waals surface area contributed by atoms with Gasteiger partial charge in [-0.15, -0.1) is 0 Å². The number of carbonyl (C=O) groups is 3. The molecule has 0 N–H and O–H groups in total. The van der Waals surface area contributed by atoms with Gasteiger partial charge in [0.1, 0.15) is 12.4 Å². The number of ketones is 1. The van der Waals surface area contributed by atoms with Crippen LogP contribution < -0.4 is 9.47 Å². The minimum absolute atomic E-state index is 0.221. The zero-order valence-electron chi connectivity index (χ0n) is 18.9. The summed E-state index contributed by atoms with van der Waals surface area (Å²) in [5, 5.41) is -0.491. The van der Waals surface area contributed by atoms with Crippen LogP contribution in [0.4, 0.5) is 9.18 Å². The summed E-state index contributed by atoms with van der Waals surface area (Å²) in [7, 11) is 0. The third-order valence-electron chi connectivity index (χ3n) is 5.14. The Labute approximate surface area is 206 Å². The van der Waals surface area contributed by atoms with Crippen molar-refractivity contribution >= 4 is 34.8 Å². The standard InChI is InChI=1S/C27H22FNO5S/c1-2-33-24-14-19(10-13-23(24)34-17-18-8-11-21(28)12-9-18)15-25-26(31)29(27(32)35-25)16-22(30)20-6-4-3-5-7-20/h3-15H,2,16-17H2,1H3/b25-15-. The highest BCUT2D eigenvalue weighted by molar-refractivity contribution is 8.18. The topological polar surface area (TPSA) is 72.9 Å². The van der Waals surface area contributed by atoms with E-state index in [9.17, 15) is 18.8 Å². The SMILES string of the molecule is CCOc1cc(/C=C2\SC(=O)N(CC(=O)c3ccccc3)C2=O)ccc1OCc1ccc(F)cc1. The summed E-state index contributed by atoms with van der Waals surface area (Å²) in [5.41, 5.74) is 1.88. The molecule has 1 saturated heterocycles. The Kier molecular flexibility index (Phi) is 7.62. The average molecular weight is 492 g/mol. The number of hydrogen-bond acceptors (Lipinski definition) is 6. The molecule has 3 aromatic carbocycles. The predicted molar refractivity (Wildman–Crippen MR) is 132 cm³/mol. The van der Waals surface area contributed by atoms with E-state index in [1.165, 1.54) is 12.1 Å². The first kappa shape index (κ1) is 24.2. The molecule has 35 heavy (non-hydrogen) atoms. The summed E-state index contributed by atoms with van der Waals surface area (Å²) < 4.78 is 24.6. The molecule has 3 aromatic rings. The van der Waals surface area contributed by atoms with Gasteiger partial charge in [-0.05, 0) is 60.2 Å². The van der Waals surface area contributed by atoms with Crippen molar-refractivity contribution in [3.63, 3.8) is 0 Å². The van der Waals surface area contributed by atoms with Crippen molar-refractivity contribution in [3.05, 3.63) is 100 Å². The van der Waals surface area contributed by atoms with E-state index >= 15 is 0 Å². The Morgan fingerprint density at radius 1 is 0.971 bits per heavy atom. The van der Waals surface area contributed by atoms with Crippen molar-refractivity contribution in [1.82, 2.24) is 4.90 Å². The molecule has 1 aliphatic heterocycles. The summed E-state index contributed by atoms with van der Waals surface area (Å²) in [4.78, 5) is 38.9. The number of nitrogens with zero attached hydrogens (tertiary/aromatic N) is 1. The van der Waals surface area contributed by atoms with Gasteiger partial charge in [0.15, 0.2) is 17.3 Å². The van der Waals surface area contributed by atoms with E-state index in [0.717, 1.165) is 22.2 Å². The molecule has 0 radical (unpaired) electrons. The zero-order chi connectivity index (χ0) is 24.8. The van der Waals surface area contributed by atoms with Gasteiger partial charge in [0.2, 0.25) is 0 Å². The lowest BCUT2D eigenvalue weighted by Crippen LogP contribution is -2.33. The Bertz CT molecular complexity index is 1270. The lowest BCUT2D eigenvalue weighted by Gasteiger charge is -2.13. The summed E-state index contributed by atoms with van der Waals surface area (Å²) in [6.07, 6.45) is 1.59. The second-order valence-electron chi connectivity index (χ2n) is 7.61. The molecule has 1 fully saturated rings. The maximum Gasteiger partial charge on any atom is 0.293 e. The number of benzene rings is 3. The van der Waals surface area contributed by atoms with Crippen molar-refractivity contribution in [2.45, 2.75) is 13.5 Å². The van der Waals surface area contributed by atoms with Crippen molar-refractivity contribution in [3.8, 4) is 11.5 Å². The van der Waals surface area contributed by atoms with Crippen LogP contribution in [0.5, 0.6) is 11.5 Å². The molecule has 6 nitrogen and oxygen atoms in total. The van der Waals surface area contributed by atoms with Crippen LogP contribution in [0.1, 0.15) is 28.4 Å². The molecule has 4 rings (SSSR count). The van der Waals surface area contributed by atoms with Gasteiger partial charge in [0.25, 0.3) is 11.1 Å². The quantitative estimate of drug-likeness (QED) is 0.282. The van der Waals surface area contributed by atoms with Crippen molar-refractivity contribution in [1.29, 1.82) is 0 Å². The molecule has 1 heterocycles. The fraction of sp³-hybridized carbons (Fsp3) is 0.148. The molecular formula is C27H22FNO5S. The first-order valence-corrected chi connectivity index (χ1v) is 11.7. The Hall–Kier alpha value is -3.91. The first-order valence-electron chi connectivity index (χ1n) is 10.9. The van der Waals surface area contributed by atoms with Gasteiger partial charge in [0, 0.05) is 5.56 Å². The summed E-state index contributed by atoms with van der Waals surface area (Å²) in [6.45, 7) is 2.15. The van der Waals surface area contributed by atoms with Gasteiger partial charge in [-0.3, -0.25) is 19.3 Å². The van der Waals surface area contributed by atoms with Crippen molar-refractivity contribution < 1.29 is 28.2 Å². The second-order valence-corrected chi connectivity index (χ2v) is 8.60. The maximum absolute atomic E-state index is 13.1. The first-order chi connectivity index (χ1) is 16.9. The minimum atomic E-state index is -0.515. The fourth-order valence-electron chi connectivity index (χ4n) is 3.39. The fourth-order valence-corrected chi connectivity index (χ4v) is 4.23. The Morgan fingerprint density at radius 2 is 1.71 bits per heavy atom. The number of Topliss-reactive ketones (excluding diaryl/α,β-unsaturated/α-hetero) is 1. The van der Waals surface area contributed by atoms with Crippen LogP contribution in [0, 0.1) is 5.82 Å². The van der Waals surface area contributed by atoms with E-state index < -0.39 is 11.1 Å². The zero-order valence-corrected chi connectivity index (χ0v) is 19.7. The number of imide groups is 1. The van der Waals surface area contributed by atoms with Crippen LogP contribution in [0.25, 0.3) is 6.08 Å².